The third-order valence-electron chi connectivity index (χ3n) is 4.15. The zero-order valence-corrected chi connectivity index (χ0v) is 12.7. The first kappa shape index (κ1) is 13.7. The van der Waals surface area contributed by atoms with Gasteiger partial charge in [-0.25, -0.2) is 0 Å². The van der Waals surface area contributed by atoms with E-state index < -0.39 is 0 Å². The van der Waals surface area contributed by atoms with Crippen LogP contribution >= 0.6 is 0 Å². The van der Waals surface area contributed by atoms with Crippen LogP contribution in [0.25, 0.3) is 0 Å². The van der Waals surface area contributed by atoms with Crippen LogP contribution in [0.5, 0.6) is 0 Å². The number of benzene rings is 2. The van der Waals surface area contributed by atoms with Crippen molar-refractivity contribution in [1.29, 1.82) is 0 Å². The molecule has 0 saturated heterocycles. The molecule has 0 aliphatic heterocycles. The minimum absolute atomic E-state index is 1.12. The molecular weight excluding hydrogens is 254 g/mol. The number of anilines is 2. The van der Waals surface area contributed by atoms with E-state index in [0.717, 1.165) is 6.42 Å². The molecular formula is C20H21N. The minimum atomic E-state index is 1.12. The normalized spacial score (nSPS) is 14.9. The molecule has 0 unspecified atom stereocenters. The average molecular weight is 275 g/mol. The highest BCUT2D eigenvalue weighted by Crippen LogP contribution is 2.36. The van der Waals surface area contributed by atoms with Gasteiger partial charge in [0.25, 0.3) is 0 Å². The van der Waals surface area contributed by atoms with Gasteiger partial charge in [-0.2, -0.15) is 0 Å². The Morgan fingerprint density at radius 3 is 1.81 bits per heavy atom. The zero-order valence-electron chi connectivity index (χ0n) is 12.7. The Morgan fingerprint density at radius 2 is 1.29 bits per heavy atom. The van der Waals surface area contributed by atoms with Gasteiger partial charge in [0.15, 0.2) is 0 Å². The summed E-state index contributed by atoms with van der Waals surface area (Å²) in [5, 5.41) is 0. The van der Waals surface area contributed by atoms with E-state index in [4.69, 9.17) is 0 Å². The number of rotatable bonds is 3. The van der Waals surface area contributed by atoms with Crippen LogP contribution < -0.4 is 4.90 Å². The van der Waals surface area contributed by atoms with Crippen molar-refractivity contribution in [3.8, 4) is 0 Å². The molecule has 0 N–H and O–H groups in total. The van der Waals surface area contributed by atoms with Gasteiger partial charge < -0.3 is 4.90 Å². The maximum absolute atomic E-state index is 2.36. The number of nitrogens with zero attached hydrogens (tertiary/aromatic N) is 1. The molecule has 0 saturated carbocycles. The van der Waals surface area contributed by atoms with Gasteiger partial charge in [-0.1, -0.05) is 48.0 Å². The van der Waals surface area contributed by atoms with Crippen molar-refractivity contribution >= 4 is 11.4 Å². The van der Waals surface area contributed by atoms with Crippen LogP contribution in [0.1, 0.15) is 26.7 Å². The van der Waals surface area contributed by atoms with Crippen LogP contribution in [-0.2, 0) is 0 Å². The molecule has 1 aliphatic carbocycles. The topological polar surface area (TPSA) is 3.24 Å². The zero-order chi connectivity index (χ0) is 14.7. The first-order valence-corrected chi connectivity index (χ1v) is 7.54. The van der Waals surface area contributed by atoms with Gasteiger partial charge in [0.2, 0.25) is 0 Å². The fraction of sp³-hybridized carbons (Fsp3) is 0.200. The summed E-state index contributed by atoms with van der Waals surface area (Å²) in [7, 11) is 0. The Balaban J connectivity index is 2.12. The first-order chi connectivity index (χ1) is 10.3. The second kappa shape index (κ2) is 6.01. The highest BCUT2D eigenvalue weighted by molar-refractivity contribution is 5.71. The summed E-state index contributed by atoms with van der Waals surface area (Å²) in [6.07, 6.45) is 4.66. The molecule has 1 aliphatic rings. The van der Waals surface area contributed by atoms with Crippen molar-refractivity contribution in [2.75, 3.05) is 4.90 Å². The molecule has 0 heterocycles. The highest BCUT2D eigenvalue weighted by atomic mass is 15.1. The Hall–Kier alpha value is -2.28. The second-order valence-corrected chi connectivity index (χ2v) is 5.54. The number of hydrogen-bond acceptors (Lipinski definition) is 1. The van der Waals surface area contributed by atoms with Gasteiger partial charge >= 0.3 is 0 Å². The smallest absolute Gasteiger partial charge is 0.0461 e. The third-order valence-corrected chi connectivity index (χ3v) is 4.15. The largest absolute Gasteiger partial charge is 0.311 e. The monoisotopic (exact) mass is 275 g/mol. The second-order valence-electron chi connectivity index (χ2n) is 5.54. The van der Waals surface area contributed by atoms with Crippen molar-refractivity contribution in [2.24, 2.45) is 0 Å². The molecule has 106 valence electrons. The summed E-state index contributed by atoms with van der Waals surface area (Å²) in [6.45, 7) is 4.48. The standard InChI is InChI=1S/C20H21N/c1-16-10-9-15-20(17(16)2)21(18-11-5-3-6-12-18)19-13-7-4-8-14-19/h3-8,11-15H,9-10H2,1-2H3. The quantitative estimate of drug-likeness (QED) is 0.680. The number of para-hydroxylation sites is 2. The van der Waals surface area contributed by atoms with Gasteiger partial charge in [0.05, 0.1) is 0 Å². The van der Waals surface area contributed by atoms with Crippen LogP contribution in [0.4, 0.5) is 11.4 Å². The molecule has 1 nitrogen and oxygen atoms in total. The molecule has 2 aromatic carbocycles. The van der Waals surface area contributed by atoms with Crippen LogP contribution in [0, 0.1) is 0 Å². The summed E-state index contributed by atoms with van der Waals surface area (Å²) >= 11 is 0. The molecule has 0 fully saturated rings. The lowest BCUT2D eigenvalue weighted by Crippen LogP contribution is -2.19. The molecule has 3 rings (SSSR count). The predicted molar refractivity (Wildman–Crippen MR) is 90.7 cm³/mol. The third kappa shape index (κ3) is 2.78. The average Bonchev–Trinajstić information content (AvgIpc) is 2.54. The maximum atomic E-state index is 2.36. The molecule has 0 atom stereocenters. The Kier molecular flexibility index (Phi) is 3.92. The maximum Gasteiger partial charge on any atom is 0.0461 e. The summed E-state index contributed by atoms with van der Waals surface area (Å²) in [4.78, 5) is 2.36. The van der Waals surface area contributed by atoms with E-state index >= 15 is 0 Å². The molecule has 0 aromatic heterocycles. The van der Waals surface area contributed by atoms with Crippen molar-refractivity contribution in [1.82, 2.24) is 0 Å². The number of hydrogen-bond donors (Lipinski definition) is 0. The summed E-state index contributed by atoms with van der Waals surface area (Å²) in [6, 6.07) is 21.2. The van der Waals surface area contributed by atoms with Crippen LogP contribution in [-0.4, -0.2) is 0 Å². The molecule has 21 heavy (non-hydrogen) atoms. The summed E-state index contributed by atoms with van der Waals surface area (Å²) in [5.74, 6) is 0. The van der Waals surface area contributed by atoms with Crippen molar-refractivity contribution < 1.29 is 0 Å². The van der Waals surface area contributed by atoms with E-state index in [2.05, 4.69) is 85.5 Å². The molecule has 2 aromatic rings. The fourth-order valence-electron chi connectivity index (χ4n) is 2.82. The highest BCUT2D eigenvalue weighted by Gasteiger charge is 2.19. The van der Waals surface area contributed by atoms with E-state index in [1.807, 2.05) is 0 Å². The summed E-state index contributed by atoms with van der Waals surface area (Å²) < 4.78 is 0. The molecule has 1 heteroatoms. The molecule has 0 bridgehead atoms. The van der Waals surface area contributed by atoms with Gasteiger partial charge in [0.1, 0.15) is 0 Å². The van der Waals surface area contributed by atoms with Crippen LogP contribution in [0.2, 0.25) is 0 Å². The first-order valence-electron chi connectivity index (χ1n) is 7.54. The van der Waals surface area contributed by atoms with Crippen LogP contribution in [0.15, 0.2) is 83.6 Å². The van der Waals surface area contributed by atoms with Crippen molar-refractivity contribution in [2.45, 2.75) is 26.7 Å². The summed E-state index contributed by atoms with van der Waals surface area (Å²) in [5.41, 5.74) is 6.63. The van der Waals surface area contributed by atoms with Gasteiger partial charge in [0, 0.05) is 17.1 Å². The Labute approximate surface area is 127 Å². The van der Waals surface area contributed by atoms with Gasteiger partial charge in [-0.15, -0.1) is 0 Å². The van der Waals surface area contributed by atoms with Gasteiger partial charge in [-0.05, 0) is 56.5 Å². The van der Waals surface area contributed by atoms with E-state index in [-0.39, 0.29) is 0 Å². The molecule has 0 spiro atoms. The van der Waals surface area contributed by atoms with Crippen LogP contribution in [0.3, 0.4) is 0 Å². The lowest BCUT2D eigenvalue weighted by atomic mass is 9.95. The number of allylic oxidation sites excluding steroid dienone is 3. The fourth-order valence-corrected chi connectivity index (χ4v) is 2.82. The predicted octanol–water partition coefficient (Wildman–Crippen LogP) is 5.84. The van der Waals surface area contributed by atoms with Crippen molar-refractivity contribution in [3.05, 3.63) is 83.6 Å². The van der Waals surface area contributed by atoms with Gasteiger partial charge in [-0.3, -0.25) is 0 Å². The van der Waals surface area contributed by atoms with Crippen molar-refractivity contribution in [3.63, 3.8) is 0 Å². The lowest BCUT2D eigenvalue weighted by Gasteiger charge is -2.31. The van der Waals surface area contributed by atoms with E-state index in [0.29, 0.717) is 0 Å². The minimum Gasteiger partial charge on any atom is -0.311 e. The van der Waals surface area contributed by atoms with E-state index in [1.165, 1.54) is 34.6 Å². The Morgan fingerprint density at radius 1 is 0.762 bits per heavy atom. The van der Waals surface area contributed by atoms with E-state index in [1.54, 1.807) is 0 Å². The Bertz CT molecular complexity index is 626. The SMILES string of the molecule is CC1=C(C)C(N(c2ccccc2)c2ccccc2)=CCC1. The molecule has 0 amide bonds. The lowest BCUT2D eigenvalue weighted by molar-refractivity contribution is 0.903. The van der Waals surface area contributed by atoms with E-state index in [9.17, 15) is 0 Å². The molecule has 0 radical (unpaired) electrons.